The smallest absolute Gasteiger partial charge is 0.264 e. The lowest BCUT2D eigenvalue weighted by atomic mass is 10.2. The zero-order valence-corrected chi connectivity index (χ0v) is 18.0. The van der Waals surface area contributed by atoms with Crippen LogP contribution in [0.5, 0.6) is 0 Å². The van der Waals surface area contributed by atoms with E-state index in [2.05, 4.69) is 26.2 Å². The number of carbonyl (C=O) groups excluding carboxylic acids is 1. The Hall–Kier alpha value is -1.99. The maximum Gasteiger partial charge on any atom is 0.264 e. The molecule has 1 aromatic heterocycles. The molecule has 4 rings (SSSR count). The van der Waals surface area contributed by atoms with Crippen LogP contribution in [0, 0.1) is 0 Å². The molecule has 3 aromatic rings. The lowest BCUT2D eigenvalue weighted by molar-refractivity contribution is -0.115. The van der Waals surface area contributed by atoms with Crippen LogP contribution in [-0.2, 0) is 4.79 Å². The van der Waals surface area contributed by atoms with Crippen LogP contribution in [0.3, 0.4) is 0 Å². The number of carbonyl (C=O) groups is 1. The second kappa shape index (κ2) is 8.17. The molecule has 8 heteroatoms. The molecule has 4 nitrogen and oxygen atoms in total. The van der Waals surface area contributed by atoms with E-state index in [0.29, 0.717) is 37.2 Å². The van der Waals surface area contributed by atoms with Crippen molar-refractivity contribution >= 4 is 73.7 Å². The Bertz CT molecular complexity index is 1120. The normalized spacial score (nSPS) is 16.8. The Morgan fingerprint density at radius 3 is 2.54 bits per heavy atom. The SMILES string of the molecule is O=C1NC(=Nc2ccccc2Br)SC1=Cc1ccc(-c2c(Cl)cccc2Cl)o1. The van der Waals surface area contributed by atoms with Crippen molar-refractivity contribution in [3.05, 3.63) is 79.8 Å². The highest BCUT2D eigenvalue weighted by molar-refractivity contribution is 9.10. The number of hydrogen-bond acceptors (Lipinski definition) is 4. The second-order valence-electron chi connectivity index (χ2n) is 5.73. The molecule has 0 unspecified atom stereocenters. The summed E-state index contributed by atoms with van der Waals surface area (Å²) in [6.07, 6.45) is 1.66. The van der Waals surface area contributed by atoms with Crippen molar-refractivity contribution in [2.45, 2.75) is 0 Å². The highest BCUT2D eigenvalue weighted by Gasteiger charge is 2.24. The Morgan fingerprint density at radius 2 is 1.79 bits per heavy atom. The summed E-state index contributed by atoms with van der Waals surface area (Å²) in [4.78, 5) is 17.2. The van der Waals surface area contributed by atoms with Gasteiger partial charge in [-0.15, -0.1) is 0 Å². The van der Waals surface area contributed by atoms with E-state index in [0.717, 1.165) is 10.2 Å². The van der Waals surface area contributed by atoms with Crippen molar-refractivity contribution in [1.29, 1.82) is 0 Å². The summed E-state index contributed by atoms with van der Waals surface area (Å²) in [7, 11) is 0. The fourth-order valence-electron chi connectivity index (χ4n) is 2.56. The van der Waals surface area contributed by atoms with Gasteiger partial charge in [0.05, 0.1) is 26.2 Å². The van der Waals surface area contributed by atoms with Gasteiger partial charge in [-0.05, 0) is 64.1 Å². The van der Waals surface area contributed by atoms with Gasteiger partial charge in [-0.1, -0.05) is 41.4 Å². The maximum atomic E-state index is 12.3. The lowest BCUT2D eigenvalue weighted by Gasteiger charge is -2.02. The van der Waals surface area contributed by atoms with Crippen molar-refractivity contribution in [3.8, 4) is 11.3 Å². The predicted octanol–water partition coefficient (Wildman–Crippen LogP) is 6.91. The molecule has 0 spiro atoms. The van der Waals surface area contributed by atoms with Crippen LogP contribution in [-0.4, -0.2) is 11.1 Å². The molecule has 0 radical (unpaired) electrons. The minimum Gasteiger partial charge on any atom is -0.457 e. The second-order valence-corrected chi connectivity index (χ2v) is 8.43. The Labute approximate surface area is 183 Å². The van der Waals surface area contributed by atoms with Gasteiger partial charge in [-0.2, -0.15) is 0 Å². The van der Waals surface area contributed by atoms with Crippen LogP contribution in [0.25, 0.3) is 17.4 Å². The first-order valence-electron chi connectivity index (χ1n) is 8.09. The van der Waals surface area contributed by atoms with E-state index in [1.807, 2.05) is 24.3 Å². The summed E-state index contributed by atoms with van der Waals surface area (Å²) in [5.41, 5.74) is 1.36. The van der Waals surface area contributed by atoms with Gasteiger partial charge in [0.25, 0.3) is 5.91 Å². The van der Waals surface area contributed by atoms with Gasteiger partial charge in [-0.25, -0.2) is 4.99 Å². The molecule has 1 fully saturated rings. The molecule has 2 heterocycles. The number of amides is 1. The van der Waals surface area contributed by atoms with Gasteiger partial charge in [-0.3, -0.25) is 4.79 Å². The largest absolute Gasteiger partial charge is 0.457 e. The van der Waals surface area contributed by atoms with E-state index >= 15 is 0 Å². The van der Waals surface area contributed by atoms with Crippen molar-refractivity contribution in [2.75, 3.05) is 0 Å². The molecule has 0 saturated carbocycles. The zero-order chi connectivity index (χ0) is 19.7. The van der Waals surface area contributed by atoms with Crippen LogP contribution in [0.2, 0.25) is 10.0 Å². The van der Waals surface area contributed by atoms with E-state index in [4.69, 9.17) is 27.6 Å². The Balaban J connectivity index is 1.60. The number of nitrogens with one attached hydrogen (secondary N) is 1. The molecule has 0 atom stereocenters. The van der Waals surface area contributed by atoms with Crippen LogP contribution < -0.4 is 5.32 Å². The highest BCUT2D eigenvalue weighted by atomic mass is 79.9. The van der Waals surface area contributed by atoms with Crippen molar-refractivity contribution < 1.29 is 9.21 Å². The monoisotopic (exact) mass is 492 g/mol. The number of halogens is 3. The van der Waals surface area contributed by atoms with Gasteiger partial charge < -0.3 is 9.73 Å². The van der Waals surface area contributed by atoms with Crippen molar-refractivity contribution in [3.63, 3.8) is 0 Å². The summed E-state index contributed by atoms with van der Waals surface area (Å²) < 4.78 is 6.68. The van der Waals surface area contributed by atoms with E-state index in [-0.39, 0.29) is 5.91 Å². The molecule has 1 N–H and O–H groups in total. The summed E-state index contributed by atoms with van der Waals surface area (Å²) in [5.74, 6) is 0.822. The molecule has 1 amide bonds. The molecule has 1 aliphatic rings. The van der Waals surface area contributed by atoms with Crippen molar-refractivity contribution in [1.82, 2.24) is 5.32 Å². The van der Waals surface area contributed by atoms with Gasteiger partial charge in [0, 0.05) is 10.5 Å². The standard InChI is InChI=1S/C20H11BrCl2N2O2S/c21-12-4-1-2-7-15(12)24-20-25-19(26)17(28-20)10-11-8-9-16(27-11)18-13(22)5-3-6-14(18)23/h1-10H,(H,24,25,26). The number of furan rings is 1. The first-order chi connectivity index (χ1) is 13.5. The molecule has 140 valence electrons. The molecular weight excluding hydrogens is 483 g/mol. The molecule has 0 aliphatic carbocycles. The molecule has 1 saturated heterocycles. The third-order valence-electron chi connectivity index (χ3n) is 3.83. The third-order valence-corrected chi connectivity index (χ3v) is 6.05. The third kappa shape index (κ3) is 4.05. The molecule has 2 aromatic carbocycles. The average molecular weight is 494 g/mol. The Morgan fingerprint density at radius 1 is 1.04 bits per heavy atom. The maximum absolute atomic E-state index is 12.3. The summed E-state index contributed by atoms with van der Waals surface area (Å²) in [5, 5.41) is 4.26. The number of nitrogens with zero attached hydrogens (tertiary/aromatic N) is 1. The van der Waals surface area contributed by atoms with Crippen molar-refractivity contribution in [2.24, 2.45) is 4.99 Å². The minimum absolute atomic E-state index is 0.232. The van der Waals surface area contributed by atoms with E-state index in [9.17, 15) is 4.79 Å². The number of benzene rings is 2. The van der Waals surface area contributed by atoms with Gasteiger partial charge in [0.15, 0.2) is 5.17 Å². The topological polar surface area (TPSA) is 54.6 Å². The number of hydrogen-bond donors (Lipinski definition) is 1. The summed E-state index contributed by atoms with van der Waals surface area (Å²) in [6.45, 7) is 0. The average Bonchev–Trinajstić information content (AvgIpc) is 3.24. The minimum atomic E-state index is -0.232. The van der Waals surface area contributed by atoms with Crippen LogP contribution in [0.15, 0.2) is 73.4 Å². The first-order valence-corrected chi connectivity index (χ1v) is 10.5. The molecule has 0 bridgehead atoms. The molecule has 1 aliphatic heterocycles. The van der Waals surface area contributed by atoms with Crippen LogP contribution in [0.4, 0.5) is 5.69 Å². The number of rotatable bonds is 3. The molecular formula is C20H11BrCl2N2O2S. The number of thioether (sulfide) groups is 1. The van der Waals surface area contributed by atoms with Crippen LogP contribution >= 0.6 is 50.9 Å². The van der Waals surface area contributed by atoms with E-state index < -0.39 is 0 Å². The zero-order valence-electron chi connectivity index (χ0n) is 14.1. The van der Waals surface area contributed by atoms with Gasteiger partial charge in [0.1, 0.15) is 11.5 Å². The fourth-order valence-corrected chi connectivity index (χ4v) is 4.33. The predicted molar refractivity (Wildman–Crippen MR) is 119 cm³/mol. The van der Waals surface area contributed by atoms with Crippen LogP contribution in [0.1, 0.15) is 5.76 Å². The quantitative estimate of drug-likeness (QED) is 0.403. The molecule has 28 heavy (non-hydrogen) atoms. The number of aliphatic imine (C=N–C) groups is 1. The first kappa shape index (κ1) is 19.3. The number of para-hydroxylation sites is 1. The number of amidine groups is 1. The van der Waals surface area contributed by atoms with Gasteiger partial charge in [0.2, 0.25) is 0 Å². The van der Waals surface area contributed by atoms with E-state index in [1.165, 1.54) is 11.8 Å². The Kier molecular flexibility index (Phi) is 5.64. The van der Waals surface area contributed by atoms with Gasteiger partial charge >= 0.3 is 0 Å². The highest BCUT2D eigenvalue weighted by Crippen LogP contribution is 2.37. The van der Waals surface area contributed by atoms with E-state index in [1.54, 1.807) is 36.4 Å². The lowest BCUT2D eigenvalue weighted by Crippen LogP contribution is -2.19. The summed E-state index contributed by atoms with van der Waals surface area (Å²) >= 11 is 17.1. The fraction of sp³-hybridized carbons (Fsp3) is 0. The summed E-state index contributed by atoms with van der Waals surface area (Å²) in [6, 6.07) is 16.3.